The van der Waals surface area contributed by atoms with Gasteiger partial charge in [-0.05, 0) is 55.8 Å². The molecular weight excluding hydrogens is 540 g/mol. The molecule has 5 rings (SSSR count). The molecule has 0 radical (unpaired) electrons. The first-order chi connectivity index (χ1) is 19.5. The molecule has 41 heavy (non-hydrogen) atoms. The lowest BCUT2D eigenvalue weighted by molar-refractivity contribution is -0.944. The van der Waals surface area contributed by atoms with Crippen molar-refractivity contribution in [2.75, 3.05) is 57.5 Å². The van der Waals surface area contributed by atoms with Gasteiger partial charge >= 0.3 is 6.16 Å². The zero-order chi connectivity index (χ0) is 28.0. The highest BCUT2D eigenvalue weighted by Gasteiger charge is 2.47. The van der Waals surface area contributed by atoms with E-state index in [9.17, 15) is 14.4 Å². The second kappa shape index (κ2) is 14.3. The zero-order valence-electron chi connectivity index (χ0n) is 24.5. The molecule has 1 aromatic heterocycles. The zero-order valence-corrected chi connectivity index (χ0v) is 25.3. The normalized spacial score (nSPS) is 22.2. The maximum absolute atomic E-state index is 12.9. The summed E-state index contributed by atoms with van der Waals surface area (Å²) in [6.07, 6.45) is 9.37. The third kappa shape index (κ3) is 7.09. The Morgan fingerprint density at radius 1 is 1.05 bits per heavy atom. The van der Waals surface area contributed by atoms with Gasteiger partial charge in [-0.25, -0.2) is 4.79 Å². The van der Waals surface area contributed by atoms with Crippen LogP contribution in [-0.4, -0.2) is 84.3 Å². The summed E-state index contributed by atoms with van der Waals surface area (Å²) in [5.74, 6) is 0.896. The first kappa shape index (κ1) is 31.0. The molecule has 2 unspecified atom stereocenters. The quantitative estimate of drug-likeness (QED) is 0.0871. The van der Waals surface area contributed by atoms with Crippen LogP contribution in [0.15, 0.2) is 36.4 Å². The molecule has 2 amide bonds. The molecular formula is C31H44N4O5S. The molecule has 10 heteroatoms. The number of nitrogens with zero attached hydrogens (tertiary/aromatic N) is 4. The average molecular weight is 585 g/mol. The number of hydrogen-bond donors (Lipinski definition) is 0. The largest absolute Gasteiger partial charge is 0.512 e. The number of allylic oxidation sites excluding steroid dienone is 1. The van der Waals surface area contributed by atoms with Crippen molar-refractivity contribution in [3.63, 3.8) is 0 Å². The van der Waals surface area contributed by atoms with Crippen molar-refractivity contribution in [2.24, 2.45) is 11.8 Å². The van der Waals surface area contributed by atoms with Crippen molar-refractivity contribution in [3.8, 4) is 0 Å². The molecule has 1 aromatic carbocycles. The van der Waals surface area contributed by atoms with Gasteiger partial charge in [-0.3, -0.25) is 19.0 Å². The van der Waals surface area contributed by atoms with Crippen molar-refractivity contribution in [1.82, 2.24) is 9.27 Å². The van der Waals surface area contributed by atoms with Crippen molar-refractivity contribution in [2.45, 2.75) is 51.9 Å². The summed E-state index contributed by atoms with van der Waals surface area (Å²) >= 11 is 1.52. The molecule has 9 nitrogen and oxygen atoms in total. The Morgan fingerprint density at radius 2 is 1.76 bits per heavy atom. The fourth-order valence-corrected chi connectivity index (χ4v) is 7.17. The van der Waals surface area contributed by atoms with Gasteiger partial charge in [0.2, 0.25) is 18.5 Å². The van der Waals surface area contributed by atoms with Crippen LogP contribution in [0.2, 0.25) is 0 Å². The molecule has 0 bridgehead atoms. The number of piperazine rings is 1. The Labute approximate surface area is 247 Å². The molecule has 2 atom stereocenters. The third-order valence-electron chi connectivity index (χ3n) is 8.70. The second-order valence-corrected chi connectivity index (χ2v) is 12.1. The van der Waals surface area contributed by atoms with E-state index in [0.717, 1.165) is 83.5 Å². The summed E-state index contributed by atoms with van der Waals surface area (Å²) in [7, 11) is 0. The van der Waals surface area contributed by atoms with Crippen LogP contribution in [0.4, 0.5) is 10.6 Å². The lowest BCUT2D eigenvalue weighted by Gasteiger charge is -2.44. The summed E-state index contributed by atoms with van der Waals surface area (Å²) in [6.45, 7) is 6.98. The highest BCUT2D eigenvalue weighted by molar-refractivity contribution is 7.13. The van der Waals surface area contributed by atoms with Crippen LogP contribution >= 0.6 is 11.5 Å². The number of aromatic nitrogens is 1. The number of quaternary nitrogens is 1. The van der Waals surface area contributed by atoms with Crippen LogP contribution in [0.25, 0.3) is 10.1 Å². The Hall–Kier alpha value is -2.98. The van der Waals surface area contributed by atoms with Crippen LogP contribution in [0.5, 0.6) is 0 Å². The monoisotopic (exact) mass is 584 g/mol. The van der Waals surface area contributed by atoms with E-state index in [1.165, 1.54) is 26.5 Å². The maximum Gasteiger partial charge on any atom is 0.512 e. The standard InChI is InChI=1S/C30H41N4O5S.CH3/c1-2-3-10-21-38-30(37)39-22-34(18-9-8-15-33-28(35)23-11-4-5-12-24(23)29(33)36)19-16-32(17-20-34)27-25-13-6-7-14-26(25)40-31-27;/h3,6-7,10,13-14,23-24H,2,4-5,8-9,11-12,15-22H2,1H3;1H3/q+1;-1. The number of anilines is 1. The number of likely N-dealkylation sites (tertiary alicyclic amines) is 1. The molecule has 224 valence electrons. The number of carbonyl (C=O) groups is 3. The van der Waals surface area contributed by atoms with Gasteiger partial charge in [0.1, 0.15) is 6.61 Å². The smallest absolute Gasteiger partial charge is 0.430 e. The van der Waals surface area contributed by atoms with Crippen LogP contribution < -0.4 is 4.90 Å². The van der Waals surface area contributed by atoms with E-state index >= 15 is 0 Å². The van der Waals surface area contributed by atoms with Gasteiger partial charge in [0.25, 0.3) is 0 Å². The molecule has 3 aliphatic rings. The number of ether oxygens (including phenoxy) is 2. The first-order valence-corrected chi connectivity index (χ1v) is 15.5. The number of amides is 2. The van der Waals surface area contributed by atoms with E-state index in [1.807, 2.05) is 31.2 Å². The van der Waals surface area contributed by atoms with Crippen molar-refractivity contribution < 1.29 is 28.3 Å². The number of carbonyl (C=O) groups excluding carboxylic acids is 3. The third-order valence-corrected chi connectivity index (χ3v) is 9.52. The van der Waals surface area contributed by atoms with Gasteiger partial charge in [-0.1, -0.05) is 44.1 Å². The molecule has 3 heterocycles. The summed E-state index contributed by atoms with van der Waals surface area (Å²) in [5, 5.41) is 1.17. The minimum Gasteiger partial charge on any atom is -0.430 e. The van der Waals surface area contributed by atoms with E-state index in [1.54, 1.807) is 0 Å². The predicted octanol–water partition coefficient (Wildman–Crippen LogP) is 5.42. The predicted molar refractivity (Wildman–Crippen MR) is 161 cm³/mol. The van der Waals surface area contributed by atoms with E-state index in [-0.39, 0.29) is 44.4 Å². The number of fused-ring (bicyclic) bond motifs is 2. The molecule has 3 fully saturated rings. The van der Waals surface area contributed by atoms with Gasteiger partial charge in [0, 0.05) is 11.9 Å². The first-order valence-electron chi connectivity index (χ1n) is 14.8. The molecule has 0 N–H and O–H groups in total. The Kier molecular flexibility index (Phi) is 10.8. The maximum atomic E-state index is 12.9. The number of hydrogen-bond acceptors (Lipinski definition) is 8. The molecule has 2 saturated heterocycles. The van der Waals surface area contributed by atoms with Gasteiger partial charge < -0.3 is 21.8 Å². The number of benzene rings is 1. The van der Waals surface area contributed by atoms with Crippen LogP contribution in [0.3, 0.4) is 0 Å². The lowest BCUT2D eigenvalue weighted by atomic mass is 9.81. The minimum absolute atomic E-state index is 0. The van der Waals surface area contributed by atoms with Crippen molar-refractivity contribution in [3.05, 3.63) is 43.8 Å². The van der Waals surface area contributed by atoms with E-state index in [4.69, 9.17) is 13.8 Å². The summed E-state index contributed by atoms with van der Waals surface area (Å²) < 4.78 is 17.4. The molecule has 0 spiro atoms. The Balaban J connectivity index is 0.00000387. The SMILES string of the molecule is CCC=CCOC(=O)OC[N+]1(CCCCN2C(=O)C3CCCCC3C2=O)CCN(c2nsc3ccccc23)CC1.[CH3-]. The summed E-state index contributed by atoms with van der Waals surface area (Å²) in [4.78, 5) is 41.9. The fourth-order valence-electron chi connectivity index (χ4n) is 6.37. The minimum atomic E-state index is -0.651. The molecule has 2 aromatic rings. The molecule has 1 saturated carbocycles. The highest BCUT2D eigenvalue weighted by atomic mass is 32.1. The van der Waals surface area contributed by atoms with Gasteiger partial charge in [-0.2, -0.15) is 4.37 Å². The van der Waals surface area contributed by atoms with Crippen molar-refractivity contribution >= 4 is 45.4 Å². The van der Waals surface area contributed by atoms with Crippen LogP contribution in [-0.2, 0) is 19.1 Å². The topological polar surface area (TPSA) is 89.0 Å². The average Bonchev–Trinajstić information content (AvgIpc) is 3.52. The van der Waals surface area contributed by atoms with Crippen molar-refractivity contribution in [1.29, 1.82) is 0 Å². The van der Waals surface area contributed by atoms with Gasteiger partial charge in [-0.15, -0.1) is 0 Å². The van der Waals surface area contributed by atoms with Gasteiger partial charge in [0.05, 0.1) is 49.3 Å². The number of imide groups is 1. The molecule has 2 aliphatic heterocycles. The van der Waals surface area contributed by atoms with Crippen LogP contribution in [0.1, 0.15) is 51.9 Å². The Morgan fingerprint density at radius 3 is 2.46 bits per heavy atom. The van der Waals surface area contributed by atoms with Crippen LogP contribution in [0, 0.1) is 19.3 Å². The lowest BCUT2D eigenvalue weighted by Crippen LogP contribution is -2.61. The number of rotatable bonds is 11. The number of unbranched alkanes of at least 4 members (excludes halogenated alkanes) is 1. The molecule has 1 aliphatic carbocycles. The highest BCUT2D eigenvalue weighted by Crippen LogP contribution is 2.38. The van der Waals surface area contributed by atoms with E-state index in [2.05, 4.69) is 17.0 Å². The van der Waals surface area contributed by atoms with E-state index in [0.29, 0.717) is 11.0 Å². The Bertz CT molecular complexity index is 1200. The summed E-state index contributed by atoms with van der Waals surface area (Å²) in [5.41, 5.74) is 0. The van der Waals surface area contributed by atoms with E-state index < -0.39 is 6.16 Å². The second-order valence-electron chi connectivity index (χ2n) is 11.2. The summed E-state index contributed by atoms with van der Waals surface area (Å²) in [6, 6.07) is 8.30. The fraction of sp³-hybridized carbons (Fsp3) is 0.581. The van der Waals surface area contributed by atoms with Gasteiger partial charge in [0.15, 0.2) is 5.82 Å².